The second-order valence-electron chi connectivity index (χ2n) is 6.27. The van der Waals surface area contributed by atoms with E-state index in [0.29, 0.717) is 5.41 Å². The lowest BCUT2D eigenvalue weighted by Gasteiger charge is -2.34. The first-order chi connectivity index (χ1) is 7.58. The van der Waals surface area contributed by atoms with Crippen molar-refractivity contribution in [3.8, 4) is 0 Å². The highest BCUT2D eigenvalue weighted by Gasteiger charge is 2.30. The molecule has 0 amide bonds. The molecule has 0 aromatic heterocycles. The summed E-state index contributed by atoms with van der Waals surface area (Å²) in [7, 11) is 0. The summed E-state index contributed by atoms with van der Waals surface area (Å²) in [6, 6.07) is 0.855. The first kappa shape index (κ1) is 14.0. The monoisotopic (exact) mass is 225 g/mol. The van der Waals surface area contributed by atoms with Crippen LogP contribution < -0.4 is 5.32 Å². The van der Waals surface area contributed by atoms with Crippen LogP contribution in [0.2, 0.25) is 0 Å². The molecule has 1 rings (SSSR count). The third-order valence-electron chi connectivity index (χ3n) is 4.37. The van der Waals surface area contributed by atoms with E-state index in [2.05, 4.69) is 33.0 Å². The molecule has 1 aliphatic rings. The van der Waals surface area contributed by atoms with Gasteiger partial charge in [0, 0.05) is 12.6 Å². The molecule has 1 unspecified atom stereocenters. The topological polar surface area (TPSA) is 12.0 Å². The van der Waals surface area contributed by atoms with E-state index < -0.39 is 0 Å². The van der Waals surface area contributed by atoms with Crippen molar-refractivity contribution in [3.63, 3.8) is 0 Å². The number of rotatable bonds is 9. The van der Waals surface area contributed by atoms with Gasteiger partial charge in [0.15, 0.2) is 0 Å². The Morgan fingerprint density at radius 2 is 1.88 bits per heavy atom. The summed E-state index contributed by atoms with van der Waals surface area (Å²) in [6.45, 7) is 10.7. The third-order valence-corrected chi connectivity index (χ3v) is 4.37. The van der Waals surface area contributed by atoms with E-state index >= 15 is 0 Å². The molecule has 1 aliphatic carbocycles. The van der Waals surface area contributed by atoms with Crippen LogP contribution in [0.25, 0.3) is 0 Å². The Kier molecular flexibility index (Phi) is 5.82. The molecule has 16 heavy (non-hydrogen) atoms. The van der Waals surface area contributed by atoms with Crippen molar-refractivity contribution in [2.45, 2.75) is 78.7 Å². The number of hydrogen-bond acceptors (Lipinski definition) is 1. The Bertz CT molecular complexity index is 184. The van der Waals surface area contributed by atoms with E-state index in [-0.39, 0.29) is 0 Å². The van der Waals surface area contributed by atoms with Crippen molar-refractivity contribution in [1.29, 1.82) is 0 Å². The van der Waals surface area contributed by atoms with Gasteiger partial charge in [-0.25, -0.2) is 0 Å². The highest BCUT2D eigenvalue weighted by Crippen LogP contribution is 2.33. The number of nitrogens with one attached hydrogen (secondary N) is 1. The fraction of sp³-hybridized carbons (Fsp3) is 1.00. The Hall–Kier alpha value is -0.0400. The van der Waals surface area contributed by atoms with Crippen molar-refractivity contribution < 1.29 is 0 Å². The van der Waals surface area contributed by atoms with E-state index in [0.717, 1.165) is 12.0 Å². The normalized spacial score (nSPS) is 20.1. The maximum absolute atomic E-state index is 3.72. The van der Waals surface area contributed by atoms with Gasteiger partial charge in [0.2, 0.25) is 0 Å². The largest absolute Gasteiger partial charge is 0.313 e. The Balaban J connectivity index is 2.24. The molecule has 1 nitrogen and oxygen atoms in total. The molecule has 0 saturated heterocycles. The molecule has 1 saturated carbocycles. The minimum atomic E-state index is 0.510. The first-order valence-electron chi connectivity index (χ1n) is 7.32. The van der Waals surface area contributed by atoms with Crippen LogP contribution in [-0.2, 0) is 0 Å². The molecule has 0 aliphatic heterocycles. The predicted molar refractivity (Wildman–Crippen MR) is 72.7 cm³/mol. The molecule has 0 spiro atoms. The Labute approximate surface area is 102 Å². The molecule has 0 bridgehead atoms. The Morgan fingerprint density at radius 3 is 2.38 bits per heavy atom. The second kappa shape index (κ2) is 6.64. The summed E-state index contributed by atoms with van der Waals surface area (Å²) in [5, 5.41) is 3.72. The van der Waals surface area contributed by atoms with E-state index in [1.54, 1.807) is 0 Å². The first-order valence-corrected chi connectivity index (χ1v) is 7.32. The summed E-state index contributed by atoms with van der Waals surface area (Å²) in [6.07, 6.45) is 9.79. The van der Waals surface area contributed by atoms with Crippen molar-refractivity contribution >= 4 is 0 Å². The van der Waals surface area contributed by atoms with Gasteiger partial charge in [0.05, 0.1) is 0 Å². The molecule has 1 heteroatoms. The Morgan fingerprint density at radius 1 is 1.19 bits per heavy atom. The van der Waals surface area contributed by atoms with Crippen LogP contribution in [0.1, 0.15) is 72.6 Å². The lowest BCUT2D eigenvalue weighted by atomic mass is 9.75. The van der Waals surface area contributed by atoms with Crippen molar-refractivity contribution in [1.82, 2.24) is 5.32 Å². The van der Waals surface area contributed by atoms with Gasteiger partial charge in [-0.1, -0.05) is 53.4 Å². The van der Waals surface area contributed by atoms with Crippen LogP contribution in [0, 0.1) is 11.3 Å². The second-order valence-corrected chi connectivity index (χ2v) is 6.27. The standard InChI is InChI=1S/C15H31N/c1-5-6-7-8-11-15(4,13(2)3)12-16-14-9-10-14/h13-14,16H,5-12H2,1-4H3. The van der Waals surface area contributed by atoms with Gasteiger partial charge >= 0.3 is 0 Å². The quantitative estimate of drug-likeness (QED) is 0.575. The number of unbranched alkanes of at least 4 members (excludes halogenated alkanes) is 3. The zero-order valence-corrected chi connectivity index (χ0v) is 11.8. The van der Waals surface area contributed by atoms with Gasteiger partial charge in [0.25, 0.3) is 0 Å². The number of hydrogen-bond donors (Lipinski definition) is 1. The average Bonchev–Trinajstić information content (AvgIpc) is 3.05. The van der Waals surface area contributed by atoms with Gasteiger partial charge in [-0.15, -0.1) is 0 Å². The summed E-state index contributed by atoms with van der Waals surface area (Å²) < 4.78 is 0. The molecule has 1 fully saturated rings. The fourth-order valence-electron chi connectivity index (χ4n) is 2.20. The van der Waals surface area contributed by atoms with Gasteiger partial charge in [-0.2, -0.15) is 0 Å². The average molecular weight is 225 g/mol. The predicted octanol–water partition coefficient (Wildman–Crippen LogP) is 4.37. The van der Waals surface area contributed by atoms with Crippen molar-refractivity contribution in [2.75, 3.05) is 6.54 Å². The summed E-state index contributed by atoms with van der Waals surface area (Å²) in [5.41, 5.74) is 0.510. The fourth-order valence-corrected chi connectivity index (χ4v) is 2.20. The lowest BCUT2D eigenvalue weighted by molar-refractivity contribution is 0.184. The molecule has 0 radical (unpaired) electrons. The molecule has 0 heterocycles. The van der Waals surface area contributed by atoms with Crippen LogP contribution in [-0.4, -0.2) is 12.6 Å². The van der Waals surface area contributed by atoms with E-state index in [4.69, 9.17) is 0 Å². The van der Waals surface area contributed by atoms with Gasteiger partial charge in [0.1, 0.15) is 0 Å². The van der Waals surface area contributed by atoms with Crippen LogP contribution in [0.5, 0.6) is 0 Å². The van der Waals surface area contributed by atoms with Gasteiger partial charge < -0.3 is 5.32 Å². The highest BCUT2D eigenvalue weighted by atomic mass is 15.0. The SMILES string of the molecule is CCCCCCC(C)(CNC1CC1)C(C)C. The van der Waals surface area contributed by atoms with Crippen molar-refractivity contribution in [2.24, 2.45) is 11.3 Å². The molecular weight excluding hydrogens is 194 g/mol. The van der Waals surface area contributed by atoms with Crippen LogP contribution in [0.15, 0.2) is 0 Å². The van der Waals surface area contributed by atoms with Crippen LogP contribution in [0.3, 0.4) is 0 Å². The van der Waals surface area contributed by atoms with Crippen LogP contribution in [0.4, 0.5) is 0 Å². The van der Waals surface area contributed by atoms with Crippen molar-refractivity contribution in [3.05, 3.63) is 0 Å². The molecule has 0 aromatic carbocycles. The van der Waals surface area contributed by atoms with E-state index in [9.17, 15) is 0 Å². The van der Waals surface area contributed by atoms with Crippen LogP contribution >= 0.6 is 0 Å². The smallest absolute Gasteiger partial charge is 0.00684 e. The lowest BCUT2D eigenvalue weighted by Crippen LogP contribution is -2.37. The molecule has 1 N–H and O–H groups in total. The minimum Gasteiger partial charge on any atom is -0.313 e. The molecule has 0 aromatic rings. The third kappa shape index (κ3) is 4.86. The molecular formula is C15H31N. The summed E-state index contributed by atoms with van der Waals surface area (Å²) in [4.78, 5) is 0. The summed E-state index contributed by atoms with van der Waals surface area (Å²) >= 11 is 0. The van der Waals surface area contributed by atoms with Gasteiger partial charge in [-0.05, 0) is 30.6 Å². The highest BCUT2D eigenvalue weighted by molar-refractivity contribution is 4.87. The minimum absolute atomic E-state index is 0.510. The zero-order valence-electron chi connectivity index (χ0n) is 11.8. The van der Waals surface area contributed by atoms with E-state index in [1.165, 1.54) is 51.5 Å². The van der Waals surface area contributed by atoms with Gasteiger partial charge in [-0.3, -0.25) is 0 Å². The summed E-state index contributed by atoms with van der Waals surface area (Å²) in [5.74, 6) is 0.792. The molecule has 1 atom stereocenters. The maximum Gasteiger partial charge on any atom is 0.00684 e. The zero-order chi connectivity index (χ0) is 12.0. The molecule has 96 valence electrons. The van der Waals surface area contributed by atoms with E-state index in [1.807, 2.05) is 0 Å². The maximum atomic E-state index is 3.72.